The van der Waals surface area contributed by atoms with Crippen molar-refractivity contribution in [1.29, 1.82) is 0 Å². The van der Waals surface area contributed by atoms with Gasteiger partial charge in [-0.2, -0.15) is 0 Å². The Labute approximate surface area is 66.9 Å². The first kappa shape index (κ1) is 8.93. The van der Waals surface area contributed by atoms with Gasteiger partial charge in [-0.05, 0) is 20.8 Å². The Morgan fingerprint density at radius 2 is 2.09 bits per heavy atom. The lowest BCUT2D eigenvalue weighted by molar-refractivity contribution is -0.280. The van der Waals surface area contributed by atoms with Gasteiger partial charge in [0.05, 0.1) is 12.1 Å². The first-order chi connectivity index (χ1) is 4.92. The van der Waals surface area contributed by atoms with Gasteiger partial charge in [-0.3, -0.25) is 0 Å². The topological polar surface area (TPSA) is 58.4 Å². The van der Waals surface area contributed by atoms with Crippen LogP contribution >= 0.6 is 0 Å². The van der Waals surface area contributed by atoms with Gasteiger partial charge in [-0.15, -0.1) is 10.3 Å². The lowest BCUT2D eigenvalue weighted by atomic mass is 10.1. The summed E-state index contributed by atoms with van der Waals surface area (Å²) in [4.78, 5) is 0. The van der Waals surface area contributed by atoms with Crippen molar-refractivity contribution in [1.82, 2.24) is 5.06 Å². The fraction of sp³-hybridized carbons (Fsp3) is 1.00. The minimum atomic E-state index is -0.816. The van der Waals surface area contributed by atoms with Crippen LogP contribution in [0.25, 0.3) is 0 Å². The van der Waals surface area contributed by atoms with Crippen LogP contribution in [0.5, 0.6) is 0 Å². The SMILES string of the molecule is CC1(C)COC(C)(CN)N1[O]. The summed E-state index contributed by atoms with van der Waals surface area (Å²) in [6.07, 6.45) is 0. The smallest absolute Gasteiger partial charge is 0.157 e. The maximum Gasteiger partial charge on any atom is 0.157 e. The minimum Gasteiger partial charge on any atom is -0.355 e. The third-order valence-electron chi connectivity index (χ3n) is 2.09. The van der Waals surface area contributed by atoms with Gasteiger partial charge in [0.1, 0.15) is 0 Å². The van der Waals surface area contributed by atoms with Crippen molar-refractivity contribution in [2.75, 3.05) is 13.2 Å². The number of nitrogens with zero attached hydrogens (tertiary/aromatic N) is 1. The van der Waals surface area contributed by atoms with E-state index in [9.17, 15) is 5.21 Å². The van der Waals surface area contributed by atoms with Crippen molar-refractivity contribution in [3.05, 3.63) is 0 Å². The summed E-state index contributed by atoms with van der Waals surface area (Å²) in [6, 6.07) is 0. The molecule has 0 aromatic heterocycles. The zero-order valence-corrected chi connectivity index (χ0v) is 7.26. The second kappa shape index (κ2) is 2.42. The lowest BCUT2D eigenvalue weighted by Gasteiger charge is -2.30. The van der Waals surface area contributed by atoms with E-state index in [4.69, 9.17) is 10.5 Å². The molecule has 1 unspecified atom stereocenters. The van der Waals surface area contributed by atoms with Gasteiger partial charge >= 0.3 is 0 Å². The maximum absolute atomic E-state index is 11.5. The van der Waals surface area contributed by atoms with Crippen molar-refractivity contribution in [2.24, 2.45) is 5.73 Å². The van der Waals surface area contributed by atoms with Crippen LogP contribution in [0.3, 0.4) is 0 Å². The van der Waals surface area contributed by atoms with Crippen molar-refractivity contribution in [2.45, 2.75) is 32.0 Å². The second-order valence-corrected chi connectivity index (χ2v) is 3.77. The molecule has 0 bridgehead atoms. The van der Waals surface area contributed by atoms with E-state index in [1.54, 1.807) is 6.92 Å². The summed E-state index contributed by atoms with van der Waals surface area (Å²) in [5.74, 6) is 0. The second-order valence-electron chi connectivity index (χ2n) is 3.77. The van der Waals surface area contributed by atoms with Crippen LogP contribution in [0, 0.1) is 0 Å². The van der Waals surface area contributed by atoms with Gasteiger partial charge in [0.25, 0.3) is 0 Å². The number of rotatable bonds is 1. The van der Waals surface area contributed by atoms with Crippen LogP contribution < -0.4 is 5.73 Å². The summed E-state index contributed by atoms with van der Waals surface area (Å²) in [5, 5.41) is 12.4. The Hall–Kier alpha value is -0.160. The van der Waals surface area contributed by atoms with Gasteiger partial charge in [-0.25, -0.2) is 0 Å². The molecular formula is C7H15N2O2. The maximum atomic E-state index is 11.5. The molecule has 2 N–H and O–H groups in total. The number of hydrogen-bond donors (Lipinski definition) is 1. The molecule has 1 atom stereocenters. The largest absolute Gasteiger partial charge is 0.355 e. The van der Waals surface area contributed by atoms with Gasteiger partial charge in [0.2, 0.25) is 0 Å². The van der Waals surface area contributed by atoms with E-state index in [0.717, 1.165) is 5.06 Å². The average Bonchev–Trinajstić information content (AvgIpc) is 2.16. The monoisotopic (exact) mass is 159 g/mol. The molecular weight excluding hydrogens is 144 g/mol. The van der Waals surface area contributed by atoms with E-state index in [1.807, 2.05) is 13.8 Å². The molecule has 1 aliphatic heterocycles. The molecule has 11 heavy (non-hydrogen) atoms. The van der Waals surface area contributed by atoms with E-state index in [0.29, 0.717) is 6.61 Å². The fourth-order valence-electron chi connectivity index (χ4n) is 1.23. The average molecular weight is 159 g/mol. The van der Waals surface area contributed by atoms with Crippen LogP contribution in [-0.2, 0) is 9.94 Å². The fourth-order valence-corrected chi connectivity index (χ4v) is 1.23. The van der Waals surface area contributed by atoms with Crippen LogP contribution in [0.15, 0.2) is 0 Å². The van der Waals surface area contributed by atoms with Crippen LogP contribution in [0.2, 0.25) is 0 Å². The molecule has 65 valence electrons. The number of ether oxygens (including phenoxy) is 1. The normalized spacial score (nSPS) is 37.9. The van der Waals surface area contributed by atoms with Crippen molar-refractivity contribution in [3.8, 4) is 0 Å². The molecule has 0 aromatic carbocycles. The third-order valence-corrected chi connectivity index (χ3v) is 2.09. The molecule has 1 radical (unpaired) electrons. The molecule has 4 nitrogen and oxygen atoms in total. The molecule has 1 aliphatic rings. The Morgan fingerprint density at radius 1 is 1.55 bits per heavy atom. The predicted molar refractivity (Wildman–Crippen MR) is 40.0 cm³/mol. The summed E-state index contributed by atoms with van der Waals surface area (Å²) in [7, 11) is 0. The van der Waals surface area contributed by atoms with Crippen molar-refractivity contribution >= 4 is 0 Å². The Morgan fingerprint density at radius 3 is 2.27 bits per heavy atom. The molecule has 0 saturated carbocycles. The number of hydrogen-bond acceptors (Lipinski definition) is 3. The molecule has 4 heteroatoms. The Bertz CT molecular complexity index is 161. The summed E-state index contributed by atoms with van der Waals surface area (Å²) in [5.41, 5.74) is 4.16. The van der Waals surface area contributed by atoms with Crippen molar-refractivity contribution in [3.63, 3.8) is 0 Å². The first-order valence-corrected chi connectivity index (χ1v) is 3.74. The molecule has 0 aliphatic carbocycles. The zero-order chi connectivity index (χ0) is 8.70. The van der Waals surface area contributed by atoms with E-state index in [2.05, 4.69) is 0 Å². The summed E-state index contributed by atoms with van der Waals surface area (Å²) >= 11 is 0. The predicted octanol–water partition coefficient (Wildman–Crippen LogP) is 0.118. The zero-order valence-electron chi connectivity index (χ0n) is 7.26. The van der Waals surface area contributed by atoms with E-state index < -0.39 is 11.3 Å². The molecule has 1 fully saturated rings. The number of hydroxylamine groups is 2. The van der Waals surface area contributed by atoms with E-state index in [-0.39, 0.29) is 6.54 Å². The van der Waals surface area contributed by atoms with Crippen LogP contribution in [0.4, 0.5) is 0 Å². The van der Waals surface area contributed by atoms with Gasteiger partial charge in [0.15, 0.2) is 5.72 Å². The number of nitrogens with two attached hydrogens (primary N) is 1. The van der Waals surface area contributed by atoms with Crippen molar-refractivity contribution < 1.29 is 9.94 Å². The molecule has 0 spiro atoms. The van der Waals surface area contributed by atoms with Gasteiger partial charge in [-0.1, -0.05) is 0 Å². The van der Waals surface area contributed by atoms with Gasteiger partial charge in [0, 0.05) is 6.54 Å². The van der Waals surface area contributed by atoms with E-state index in [1.165, 1.54) is 0 Å². The summed E-state index contributed by atoms with van der Waals surface area (Å²) in [6.45, 7) is 6.10. The highest BCUT2D eigenvalue weighted by atomic mass is 16.6. The molecule has 0 amide bonds. The first-order valence-electron chi connectivity index (χ1n) is 3.74. The minimum absolute atomic E-state index is 0.236. The highest BCUT2D eigenvalue weighted by Gasteiger charge is 2.48. The van der Waals surface area contributed by atoms with E-state index >= 15 is 0 Å². The standard InChI is InChI=1S/C7H15N2O2/c1-6(2)5-11-7(3,4-8)9(6)10/h4-5,8H2,1-3H3. The molecule has 0 aromatic rings. The third kappa shape index (κ3) is 1.27. The Kier molecular flexibility index (Phi) is 1.96. The quantitative estimate of drug-likeness (QED) is 0.591. The molecule has 1 heterocycles. The molecule has 1 saturated heterocycles. The van der Waals surface area contributed by atoms with Crippen LogP contribution in [0.1, 0.15) is 20.8 Å². The van der Waals surface area contributed by atoms with Gasteiger partial charge < -0.3 is 10.5 Å². The molecule has 1 rings (SSSR count). The lowest BCUT2D eigenvalue weighted by Crippen LogP contribution is -2.51. The Balaban J connectivity index is 2.78. The summed E-state index contributed by atoms with van der Waals surface area (Å²) < 4.78 is 5.31. The highest BCUT2D eigenvalue weighted by molar-refractivity contribution is 4.91. The van der Waals surface area contributed by atoms with Crippen LogP contribution in [-0.4, -0.2) is 29.5 Å². The highest BCUT2D eigenvalue weighted by Crippen LogP contribution is 2.31.